The van der Waals surface area contributed by atoms with Gasteiger partial charge in [-0.05, 0) is 29.8 Å². The summed E-state index contributed by atoms with van der Waals surface area (Å²) < 4.78 is 26.1. The molecule has 2 atom stereocenters. The number of nitrogens with zero attached hydrogens (tertiary/aromatic N) is 1. The molecule has 0 saturated heterocycles. The first-order chi connectivity index (χ1) is 10.8. The Bertz CT molecular complexity index is 864. The summed E-state index contributed by atoms with van der Waals surface area (Å²) >= 11 is 5.82. The summed E-state index contributed by atoms with van der Waals surface area (Å²) in [4.78, 5) is 12.7. The number of Topliss-reactive ketones (excluding diaryl/α,β-unsaturated/α-hetero) is 1. The molecule has 1 heterocycles. The standard InChI is InChI=1S/C16H14ClNO4S/c1-18-14(15(19)10-6-8-11(17)9-7-10)16(20)12-4-2-3-5-13(12)23(18,21)22/h2-9,14-15,19H,1H3. The average Bonchev–Trinajstić information content (AvgIpc) is 2.54. The van der Waals surface area contributed by atoms with E-state index in [4.69, 9.17) is 11.6 Å². The first-order valence-electron chi connectivity index (χ1n) is 6.89. The predicted octanol–water partition coefficient (Wildman–Crippen LogP) is 2.26. The van der Waals surface area contributed by atoms with E-state index in [1.165, 1.54) is 19.2 Å². The van der Waals surface area contributed by atoms with Crippen molar-refractivity contribution in [2.24, 2.45) is 0 Å². The maximum Gasteiger partial charge on any atom is 0.244 e. The van der Waals surface area contributed by atoms with Gasteiger partial charge in [-0.2, -0.15) is 4.31 Å². The molecule has 120 valence electrons. The van der Waals surface area contributed by atoms with Crippen molar-refractivity contribution in [1.82, 2.24) is 4.31 Å². The Morgan fingerprint density at radius 3 is 2.39 bits per heavy atom. The highest BCUT2D eigenvalue weighted by Crippen LogP contribution is 2.34. The number of ketones is 1. The fourth-order valence-electron chi connectivity index (χ4n) is 2.71. The zero-order chi connectivity index (χ0) is 16.8. The molecule has 1 N–H and O–H groups in total. The van der Waals surface area contributed by atoms with Gasteiger partial charge < -0.3 is 5.11 Å². The maximum atomic E-state index is 12.7. The van der Waals surface area contributed by atoms with Gasteiger partial charge in [0.25, 0.3) is 0 Å². The number of hydrogen-bond donors (Lipinski definition) is 1. The predicted molar refractivity (Wildman–Crippen MR) is 85.9 cm³/mol. The number of likely N-dealkylation sites (N-methyl/N-ethyl adjacent to an activating group) is 1. The monoisotopic (exact) mass is 351 g/mol. The minimum atomic E-state index is -3.84. The van der Waals surface area contributed by atoms with Crippen LogP contribution in [0.3, 0.4) is 0 Å². The number of fused-ring (bicyclic) bond motifs is 1. The molecular formula is C16H14ClNO4S. The Labute approximate surface area is 139 Å². The molecule has 2 aromatic rings. The van der Waals surface area contributed by atoms with Crippen LogP contribution in [0.4, 0.5) is 0 Å². The molecule has 0 amide bonds. The van der Waals surface area contributed by atoms with Gasteiger partial charge in [-0.1, -0.05) is 35.9 Å². The fraction of sp³-hybridized carbons (Fsp3) is 0.188. The SMILES string of the molecule is CN1C(C(O)c2ccc(Cl)cc2)C(=O)c2ccccc2S1(=O)=O. The molecule has 7 heteroatoms. The Hall–Kier alpha value is -1.73. The first-order valence-corrected chi connectivity index (χ1v) is 8.70. The number of carbonyl (C=O) groups is 1. The number of aliphatic hydroxyl groups excluding tert-OH is 1. The van der Waals surface area contributed by atoms with Crippen molar-refractivity contribution in [2.45, 2.75) is 17.0 Å². The minimum Gasteiger partial charge on any atom is -0.386 e. The lowest BCUT2D eigenvalue weighted by Gasteiger charge is -2.34. The molecule has 0 bridgehead atoms. The van der Waals surface area contributed by atoms with E-state index in [1.54, 1.807) is 36.4 Å². The molecule has 0 aliphatic carbocycles. The number of rotatable bonds is 2. The van der Waals surface area contributed by atoms with Crippen LogP contribution in [-0.4, -0.2) is 36.7 Å². The highest BCUT2D eigenvalue weighted by molar-refractivity contribution is 7.89. The van der Waals surface area contributed by atoms with Crippen molar-refractivity contribution < 1.29 is 18.3 Å². The van der Waals surface area contributed by atoms with Gasteiger partial charge in [-0.15, -0.1) is 0 Å². The van der Waals surface area contributed by atoms with Crippen molar-refractivity contribution in [1.29, 1.82) is 0 Å². The van der Waals surface area contributed by atoms with Crippen molar-refractivity contribution in [3.8, 4) is 0 Å². The van der Waals surface area contributed by atoms with Crippen LogP contribution in [0.2, 0.25) is 5.02 Å². The maximum absolute atomic E-state index is 12.7. The highest BCUT2D eigenvalue weighted by Gasteiger charge is 2.45. The van der Waals surface area contributed by atoms with Crippen LogP contribution in [0.5, 0.6) is 0 Å². The lowest BCUT2D eigenvalue weighted by Crippen LogP contribution is -2.50. The summed E-state index contributed by atoms with van der Waals surface area (Å²) in [6.45, 7) is 0. The minimum absolute atomic E-state index is 0.0351. The summed E-state index contributed by atoms with van der Waals surface area (Å²) in [6.07, 6.45) is -1.28. The van der Waals surface area contributed by atoms with Crippen LogP contribution >= 0.6 is 11.6 Å². The topological polar surface area (TPSA) is 74.7 Å². The Morgan fingerprint density at radius 1 is 1.13 bits per heavy atom. The van der Waals surface area contributed by atoms with E-state index in [-0.39, 0.29) is 10.5 Å². The number of carbonyl (C=O) groups excluding carboxylic acids is 1. The number of halogens is 1. The Kier molecular flexibility index (Phi) is 4.01. The largest absolute Gasteiger partial charge is 0.386 e. The van der Waals surface area contributed by atoms with Gasteiger partial charge in [0.05, 0.1) is 4.90 Å². The van der Waals surface area contributed by atoms with Gasteiger partial charge in [0.2, 0.25) is 10.0 Å². The molecule has 1 aliphatic heterocycles. The molecule has 0 aromatic heterocycles. The Balaban J connectivity index is 2.10. The van der Waals surface area contributed by atoms with Crippen LogP contribution in [0.15, 0.2) is 53.4 Å². The molecule has 0 radical (unpaired) electrons. The van der Waals surface area contributed by atoms with Crippen LogP contribution in [-0.2, 0) is 10.0 Å². The van der Waals surface area contributed by atoms with Gasteiger partial charge in [-0.25, -0.2) is 8.42 Å². The molecular weight excluding hydrogens is 338 g/mol. The zero-order valence-corrected chi connectivity index (χ0v) is 13.8. The number of benzene rings is 2. The second-order valence-electron chi connectivity index (χ2n) is 5.32. The molecule has 2 aromatic carbocycles. The molecule has 2 unspecified atom stereocenters. The number of aliphatic hydroxyl groups is 1. The summed E-state index contributed by atoms with van der Waals surface area (Å²) in [6, 6.07) is 11.1. The van der Waals surface area contributed by atoms with Crippen LogP contribution in [0, 0.1) is 0 Å². The second-order valence-corrected chi connectivity index (χ2v) is 7.73. The van der Waals surface area contributed by atoms with E-state index in [1.807, 2.05) is 0 Å². The van der Waals surface area contributed by atoms with Gasteiger partial charge in [0.1, 0.15) is 12.1 Å². The van der Waals surface area contributed by atoms with Gasteiger partial charge in [-0.3, -0.25) is 4.79 Å². The van der Waals surface area contributed by atoms with E-state index < -0.39 is 28.0 Å². The molecule has 3 rings (SSSR count). The molecule has 0 fully saturated rings. The lowest BCUT2D eigenvalue weighted by molar-refractivity contribution is 0.0629. The third-order valence-corrected chi connectivity index (χ3v) is 6.13. The molecule has 0 saturated carbocycles. The molecule has 1 aliphatic rings. The number of sulfonamides is 1. The van der Waals surface area contributed by atoms with Gasteiger partial charge in [0, 0.05) is 17.6 Å². The van der Waals surface area contributed by atoms with Crippen molar-refractivity contribution in [2.75, 3.05) is 7.05 Å². The third-order valence-electron chi connectivity index (χ3n) is 3.98. The summed E-state index contributed by atoms with van der Waals surface area (Å²) in [5.41, 5.74) is 0.526. The van der Waals surface area contributed by atoms with E-state index in [2.05, 4.69) is 0 Å². The van der Waals surface area contributed by atoms with Gasteiger partial charge >= 0.3 is 0 Å². The van der Waals surface area contributed by atoms with Crippen LogP contribution < -0.4 is 0 Å². The van der Waals surface area contributed by atoms with E-state index in [9.17, 15) is 18.3 Å². The summed E-state index contributed by atoms with van der Waals surface area (Å²) in [5, 5.41) is 11.1. The smallest absolute Gasteiger partial charge is 0.244 e. The highest BCUT2D eigenvalue weighted by atomic mass is 35.5. The van der Waals surface area contributed by atoms with E-state index in [0.29, 0.717) is 10.6 Å². The lowest BCUT2D eigenvalue weighted by atomic mass is 9.94. The van der Waals surface area contributed by atoms with Crippen molar-refractivity contribution in [3.63, 3.8) is 0 Å². The molecule has 23 heavy (non-hydrogen) atoms. The quantitative estimate of drug-likeness (QED) is 0.900. The Morgan fingerprint density at radius 2 is 1.74 bits per heavy atom. The van der Waals surface area contributed by atoms with Gasteiger partial charge in [0.15, 0.2) is 5.78 Å². The molecule has 0 spiro atoms. The van der Waals surface area contributed by atoms with E-state index in [0.717, 1.165) is 4.31 Å². The van der Waals surface area contributed by atoms with Crippen LogP contribution in [0.25, 0.3) is 0 Å². The summed E-state index contributed by atoms with van der Waals surface area (Å²) in [5.74, 6) is -0.430. The average molecular weight is 352 g/mol. The van der Waals surface area contributed by atoms with Crippen LogP contribution in [0.1, 0.15) is 22.0 Å². The normalized spacial score (nSPS) is 21.7. The third kappa shape index (κ3) is 2.57. The number of hydrogen-bond acceptors (Lipinski definition) is 4. The summed E-state index contributed by atoms with van der Waals surface area (Å²) in [7, 11) is -2.54. The fourth-order valence-corrected chi connectivity index (χ4v) is 4.35. The first kappa shape index (κ1) is 16.1. The van der Waals surface area contributed by atoms with E-state index >= 15 is 0 Å². The zero-order valence-electron chi connectivity index (χ0n) is 12.2. The second kappa shape index (κ2) is 5.72. The van der Waals surface area contributed by atoms with Crippen molar-refractivity contribution in [3.05, 3.63) is 64.7 Å². The molecule has 5 nitrogen and oxygen atoms in total. The van der Waals surface area contributed by atoms with Crippen molar-refractivity contribution >= 4 is 27.4 Å².